The van der Waals surface area contributed by atoms with Crippen molar-refractivity contribution in [1.82, 2.24) is 0 Å². The average molecular weight is 342 g/mol. The molecule has 120 valence electrons. The molecule has 0 fully saturated rings. The molecule has 0 spiro atoms. The molecule has 2 aromatic carbocycles. The van der Waals surface area contributed by atoms with Crippen LogP contribution in [0.1, 0.15) is 50.7 Å². The Hall–Kier alpha value is -0.390. The number of hydrogen-bond donors (Lipinski definition) is 0. The van der Waals surface area contributed by atoms with E-state index in [0.717, 1.165) is 54.9 Å². The number of hydrogen-bond acceptors (Lipinski definition) is 3. The van der Waals surface area contributed by atoms with Gasteiger partial charge in [0.2, 0.25) is 0 Å². The van der Waals surface area contributed by atoms with Gasteiger partial charge in [0.05, 0.1) is 4.90 Å². The second-order valence-corrected chi connectivity index (χ2v) is 7.18. The largest absolute Gasteiger partial charge is 1.00 e. The fourth-order valence-corrected chi connectivity index (χ4v) is 3.23. The topological polar surface area (TPSA) is 57.2 Å². The van der Waals surface area contributed by atoms with E-state index in [0.29, 0.717) is 0 Å². The molecule has 23 heavy (non-hydrogen) atoms. The summed E-state index contributed by atoms with van der Waals surface area (Å²) in [5, 5.41) is 1.91. The summed E-state index contributed by atoms with van der Waals surface area (Å²) in [5.41, 5.74) is 2.44. The van der Waals surface area contributed by atoms with Crippen molar-refractivity contribution in [2.45, 2.75) is 57.3 Å². The third-order valence-corrected chi connectivity index (χ3v) is 4.81. The molecule has 0 bridgehead atoms. The van der Waals surface area contributed by atoms with E-state index in [1.165, 1.54) is 17.7 Å². The van der Waals surface area contributed by atoms with Crippen molar-refractivity contribution in [3.63, 3.8) is 0 Å². The minimum Gasteiger partial charge on any atom is -0.744 e. The van der Waals surface area contributed by atoms with E-state index >= 15 is 0 Å². The molecule has 0 aliphatic rings. The van der Waals surface area contributed by atoms with Crippen LogP contribution in [-0.4, -0.2) is 13.0 Å². The number of rotatable bonds is 7. The zero-order chi connectivity index (χ0) is 16.2. The van der Waals surface area contributed by atoms with Crippen LogP contribution in [-0.2, 0) is 23.0 Å². The van der Waals surface area contributed by atoms with E-state index in [9.17, 15) is 13.0 Å². The van der Waals surface area contributed by atoms with Crippen molar-refractivity contribution in [2.75, 3.05) is 0 Å². The van der Waals surface area contributed by atoms with E-state index in [1.807, 2.05) is 0 Å². The molecule has 0 atom stereocenters. The summed E-state index contributed by atoms with van der Waals surface area (Å²) in [7, 11) is -4.41. The van der Waals surface area contributed by atoms with Gasteiger partial charge in [0.15, 0.2) is 0 Å². The third-order valence-electron chi connectivity index (χ3n) is 3.98. The first-order chi connectivity index (χ1) is 10.5. The molecule has 0 saturated carbocycles. The number of fused-ring (bicyclic) bond motifs is 1. The molecule has 3 nitrogen and oxygen atoms in total. The molecule has 0 saturated heterocycles. The molecule has 0 N–H and O–H groups in total. The van der Waals surface area contributed by atoms with Crippen LogP contribution in [0.4, 0.5) is 0 Å². The maximum atomic E-state index is 11.3. The first-order valence-electron chi connectivity index (χ1n) is 7.97. The first-order valence-corrected chi connectivity index (χ1v) is 9.38. The molecule has 0 amide bonds. The van der Waals surface area contributed by atoms with Crippen molar-refractivity contribution in [3.05, 3.63) is 41.5 Å². The van der Waals surface area contributed by atoms with Crippen LogP contribution in [0.2, 0.25) is 0 Å². The molecule has 0 aliphatic heterocycles. The van der Waals surface area contributed by atoms with Gasteiger partial charge in [0.1, 0.15) is 10.1 Å². The van der Waals surface area contributed by atoms with E-state index in [-0.39, 0.29) is 34.5 Å². The summed E-state index contributed by atoms with van der Waals surface area (Å²) in [6, 6.07) is 8.99. The summed E-state index contributed by atoms with van der Waals surface area (Å²) in [4.78, 5) is -0.140. The standard InChI is InChI=1S/C18H24O3S.Na/c1-3-5-7-14-11-15(8-6-4-2)18-13-17(22(19,20)21)10-9-16(18)12-14;/h9-13H,3-8H2,1-2H3,(H,19,20,21);/q;+1/p-1. The van der Waals surface area contributed by atoms with Gasteiger partial charge in [-0.05, 0) is 59.7 Å². The van der Waals surface area contributed by atoms with Crippen LogP contribution in [0, 0.1) is 0 Å². The zero-order valence-corrected chi connectivity index (χ0v) is 17.1. The van der Waals surface area contributed by atoms with Crippen LogP contribution >= 0.6 is 0 Å². The van der Waals surface area contributed by atoms with Gasteiger partial charge in [-0.15, -0.1) is 0 Å². The van der Waals surface area contributed by atoms with Crippen molar-refractivity contribution < 1.29 is 42.5 Å². The van der Waals surface area contributed by atoms with Gasteiger partial charge >= 0.3 is 29.6 Å². The summed E-state index contributed by atoms with van der Waals surface area (Å²) >= 11 is 0. The molecule has 0 unspecified atom stereocenters. The van der Waals surface area contributed by atoms with Crippen molar-refractivity contribution in [3.8, 4) is 0 Å². The van der Waals surface area contributed by atoms with Gasteiger partial charge in [-0.1, -0.05) is 44.9 Å². The van der Waals surface area contributed by atoms with Crippen LogP contribution in [0.5, 0.6) is 0 Å². The predicted octanol–water partition coefficient (Wildman–Crippen LogP) is 1.43. The second-order valence-electron chi connectivity index (χ2n) is 5.80. The molecule has 0 aromatic heterocycles. The molecule has 0 aliphatic carbocycles. The van der Waals surface area contributed by atoms with Crippen LogP contribution in [0.15, 0.2) is 35.2 Å². The second kappa shape index (κ2) is 9.19. The fraction of sp³-hybridized carbons (Fsp3) is 0.444. The fourth-order valence-electron chi connectivity index (χ4n) is 2.74. The molecular formula is C18H23NaO3S. The van der Waals surface area contributed by atoms with E-state index in [4.69, 9.17) is 0 Å². The quantitative estimate of drug-likeness (QED) is 0.565. The Bertz CT molecular complexity index is 754. The normalized spacial score (nSPS) is 11.4. The number of benzene rings is 2. The summed E-state index contributed by atoms with van der Waals surface area (Å²) in [6.45, 7) is 4.31. The molecular weight excluding hydrogens is 319 g/mol. The van der Waals surface area contributed by atoms with Crippen molar-refractivity contribution in [1.29, 1.82) is 0 Å². The Labute approximate surface area is 161 Å². The average Bonchev–Trinajstić information content (AvgIpc) is 2.49. The Morgan fingerprint density at radius 1 is 0.957 bits per heavy atom. The van der Waals surface area contributed by atoms with Crippen molar-refractivity contribution >= 4 is 20.9 Å². The summed E-state index contributed by atoms with van der Waals surface area (Å²) < 4.78 is 33.8. The first kappa shape index (κ1) is 20.7. The van der Waals surface area contributed by atoms with Gasteiger partial charge < -0.3 is 4.55 Å². The minimum absolute atomic E-state index is 0. The van der Waals surface area contributed by atoms with Gasteiger partial charge in [-0.2, -0.15) is 0 Å². The third kappa shape index (κ3) is 5.57. The smallest absolute Gasteiger partial charge is 0.744 e. The Balaban J connectivity index is 0.00000264. The van der Waals surface area contributed by atoms with Gasteiger partial charge in [0, 0.05) is 0 Å². The van der Waals surface area contributed by atoms with Gasteiger partial charge in [-0.3, -0.25) is 0 Å². The molecule has 5 heteroatoms. The Morgan fingerprint density at radius 3 is 2.22 bits per heavy atom. The van der Waals surface area contributed by atoms with Crippen LogP contribution in [0.25, 0.3) is 10.8 Å². The van der Waals surface area contributed by atoms with E-state index in [2.05, 4.69) is 26.0 Å². The summed E-state index contributed by atoms with van der Waals surface area (Å²) in [6.07, 6.45) is 6.38. The zero-order valence-electron chi connectivity index (χ0n) is 14.3. The van der Waals surface area contributed by atoms with Gasteiger partial charge in [-0.25, -0.2) is 8.42 Å². The molecule has 2 aromatic rings. The SMILES string of the molecule is CCCCc1cc(CCCC)c2cc(S(=O)(=O)[O-])ccc2c1.[Na+]. The summed E-state index contributed by atoms with van der Waals surface area (Å²) in [5.74, 6) is 0. The maximum absolute atomic E-state index is 11.3. The molecule has 2 rings (SSSR count). The molecule has 0 heterocycles. The van der Waals surface area contributed by atoms with E-state index < -0.39 is 10.1 Å². The Morgan fingerprint density at radius 2 is 1.61 bits per heavy atom. The monoisotopic (exact) mass is 342 g/mol. The minimum atomic E-state index is -4.41. The van der Waals surface area contributed by atoms with Gasteiger partial charge in [0.25, 0.3) is 0 Å². The van der Waals surface area contributed by atoms with E-state index in [1.54, 1.807) is 6.07 Å². The van der Waals surface area contributed by atoms with Crippen molar-refractivity contribution in [2.24, 2.45) is 0 Å². The van der Waals surface area contributed by atoms with Crippen LogP contribution in [0.3, 0.4) is 0 Å². The predicted molar refractivity (Wildman–Crippen MR) is 89.1 cm³/mol. The number of unbranched alkanes of at least 4 members (excludes halogenated alkanes) is 2. The molecule has 0 radical (unpaired) electrons. The maximum Gasteiger partial charge on any atom is 1.00 e. The van der Waals surface area contributed by atoms with Crippen LogP contribution < -0.4 is 29.6 Å². The number of aryl methyl sites for hydroxylation is 2. The Kier molecular flexibility index (Phi) is 8.25.